The summed E-state index contributed by atoms with van der Waals surface area (Å²) in [6, 6.07) is 12.7. The highest BCUT2D eigenvalue weighted by molar-refractivity contribution is 7.15. The van der Waals surface area contributed by atoms with Gasteiger partial charge in [-0.15, -0.1) is 13.2 Å². The van der Waals surface area contributed by atoms with Gasteiger partial charge in [-0.1, -0.05) is 11.3 Å². The SMILES string of the molecule is Cc1cc2nc3sc(=Cc4ccc(-c5ccc(OC(F)(F)F)cc5)o4)c(=O)n3c2cc1C. The zero-order valence-corrected chi connectivity index (χ0v) is 17.7. The Morgan fingerprint density at radius 2 is 1.78 bits per heavy atom. The second-order valence-electron chi connectivity index (χ2n) is 7.34. The summed E-state index contributed by atoms with van der Waals surface area (Å²) in [5.41, 5.74) is 4.15. The van der Waals surface area contributed by atoms with E-state index < -0.39 is 6.36 Å². The number of rotatable bonds is 3. The molecule has 0 aliphatic heterocycles. The number of aromatic nitrogens is 2. The fourth-order valence-electron chi connectivity index (χ4n) is 3.45. The van der Waals surface area contributed by atoms with Gasteiger partial charge in [0.25, 0.3) is 5.56 Å². The van der Waals surface area contributed by atoms with Crippen LogP contribution in [0.25, 0.3) is 33.4 Å². The number of fused-ring (bicyclic) bond motifs is 3. The molecule has 0 radical (unpaired) electrons. The Bertz CT molecular complexity index is 1580. The molecule has 0 spiro atoms. The first kappa shape index (κ1) is 20.3. The van der Waals surface area contributed by atoms with E-state index in [4.69, 9.17) is 4.42 Å². The first-order chi connectivity index (χ1) is 15.2. The van der Waals surface area contributed by atoms with Crippen molar-refractivity contribution in [2.75, 3.05) is 0 Å². The van der Waals surface area contributed by atoms with Crippen LogP contribution in [0.5, 0.6) is 5.75 Å². The second-order valence-corrected chi connectivity index (χ2v) is 8.35. The van der Waals surface area contributed by atoms with Crippen molar-refractivity contribution in [3.05, 3.63) is 80.3 Å². The molecule has 0 unspecified atom stereocenters. The van der Waals surface area contributed by atoms with Crippen molar-refractivity contribution < 1.29 is 22.3 Å². The number of ether oxygens (including phenoxy) is 1. The van der Waals surface area contributed by atoms with Gasteiger partial charge in [-0.05, 0) is 73.5 Å². The summed E-state index contributed by atoms with van der Waals surface area (Å²) in [7, 11) is 0. The van der Waals surface area contributed by atoms with Gasteiger partial charge in [0.05, 0.1) is 11.0 Å². The topological polar surface area (TPSA) is 56.7 Å². The van der Waals surface area contributed by atoms with E-state index in [1.807, 2.05) is 26.0 Å². The van der Waals surface area contributed by atoms with E-state index in [0.29, 0.717) is 26.6 Å². The van der Waals surface area contributed by atoms with E-state index in [1.54, 1.807) is 22.6 Å². The molecule has 32 heavy (non-hydrogen) atoms. The van der Waals surface area contributed by atoms with E-state index in [1.165, 1.54) is 35.6 Å². The van der Waals surface area contributed by atoms with Crippen LogP contribution in [-0.4, -0.2) is 15.7 Å². The van der Waals surface area contributed by atoms with E-state index in [9.17, 15) is 18.0 Å². The first-order valence-corrected chi connectivity index (χ1v) is 10.4. The van der Waals surface area contributed by atoms with Crippen molar-refractivity contribution in [2.24, 2.45) is 0 Å². The minimum atomic E-state index is -4.74. The number of hydrogen-bond acceptors (Lipinski definition) is 5. The monoisotopic (exact) mass is 456 g/mol. The molecule has 5 nitrogen and oxygen atoms in total. The number of halogens is 3. The summed E-state index contributed by atoms with van der Waals surface area (Å²) in [5, 5.41) is 0. The van der Waals surface area contributed by atoms with E-state index in [2.05, 4.69) is 9.72 Å². The van der Waals surface area contributed by atoms with Crippen molar-refractivity contribution in [3.63, 3.8) is 0 Å². The van der Waals surface area contributed by atoms with Crippen LogP contribution < -0.4 is 14.8 Å². The van der Waals surface area contributed by atoms with Crippen LogP contribution in [-0.2, 0) is 0 Å². The predicted octanol–water partition coefficient (Wildman–Crippen LogP) is 5.23. The number of hydrogen-bond donors (Lipinski definition) is 0. The molecule has 0 aliphatic rings. The molecule has 5 aromatic rings. The van der Waals surface area contributed by atoms with Crippen molar-refractivity contribution in [3.8, 4) is 17.1 Å². The number of nitrogens with zero attached hydrogens (tertiary/aromatic N) is 2. The molecule has 2 aromatic carbocycles. The maximum atomic E-state index is 13.0. The summed E-state index contributed by atoms with van der Waals surface area (Å²) < 4.78 is 48.7. The minimum Gasteiger partial charge on any atom is -0.457 e. The summed E-state index contributed by atoms with van der Waals surface area (Å²) in [5.74, 6) is 0.601. The zero-order chi connectivity index (χ0) is 22.6. The van der Waals surface area contributed by atoms with E-state index in [0.717, 1.165) is 22.2 Å². The van der Waals surface area contributed by atoms with E-state index in [-0.39, 0.29) is 11.3 Å². The van der Waals surface area contributed by atoms with Crippen LogP contribution in [0, 0.1) is 13.8 Å². The van der Waals surface area contributed by atoms with Crippen LogP contribution in [0.2, 0.25) is 0 Å². The Morgan fingerprint density at radius 3 is 2.50 bits per heavy atom. The van der Waals surface area contributed by atoms with Crippen LogP contribution in [0.15, 0.2) is 57.7 Å². The third-order valence-electron chi connectivity index (χ3n) is 5.13. The van der Waals surface area contributed by atoms with Crippen molar-refractivity contribution in [1.82, 2.24) is 9.38 Å². The Morgan fingerprint density at radius 1 is 1.06 bits per heavy atom. The van der Waals surface area contributed by atoms with Crippen LogP contribution >= 0.6 is 11.3 Å². The summed E-state index contributed by atoms with van der Waals surface area (Å²) in [4.78, 5) is 18.2. The molecule has 5 rings (SSSR count). The molecule has 0 fully saturated rings. The average molecular weight is 456 g/mol. The Kier molecular flexibility index (Phi) is 4.59. The number of thiazole rings is 1. The molecule has 9 heteroatoms. The van der Waals surface area contributed by atoms with Gasteiger partial charge in [0.15, 0.2) is 4.96 Å². The molecule has 3 heterocycles. The van der Waals surface area contributed by atoms with Gasteiger partial charge in [-0.25, -0.2) is 9.38 Å². The molecule has 0 aliphatic carbocycles. The second kappa shape index (κ2) is 7.23. The fourth-order valence-corrected chi connectivity index (χ4v) is 4.42. The first-order valence-electron chi connectivity index (χ1n) is 9.58. The normalized spacial score (nSPS) is 12.8. The van der Waals surface area contributed by atoms with Gasteiger partial charge in [-0.2, -0.15) is 0 Å². The van der Waals surface area contributed by atoms with E-state index >= 15 is 0 Å². The highest BCUT2D eigenvalue weighted by atomic mass is 32.1. The number of furan rings is 1. The van der Waals surface area contributed by atoms with Crippen LogP contribution in [0.4, 0.5) is 13.2 Å². The van der Waals surface area contributed by atoms with Crippen molar-refractivity contribution >= 4 is 33.4 Å². The Hall–Kier alpha value is -3.59. The van der Waals surface area contributed by atoms with Gasteiger partial charge >= 0.3 is 6.36 Å². The molecular weight excluding hydrogens is 441 g/mol. The lowest BCUT2D eigenvalue weighted by molar-refractivity contribution is -0.274. The molecule has 0 saturated heterocycles. The highest BCUT2D eigenvalue weighted by Gasteiger charge is 2.31. The lowest BCUT2D eigenvalue weighted by Gasteiger charge is -2.08. The van der Waals surface area contributed by atoms with Crippen molar-refractivity contribution in [1.29, 1.82) is 0 Å². The molecule has 3 aromatic heterocycles. The molecule has 0 atom stereocenters. The predicted molar refractivity (Wildman–Crippen MR) is 116 cm³/mol. The summed E-state index contributed by atoms with van der Waals surface area (Å²) in [6.07, 6.45) is -3.10. The van der Waals surface area contributed by atoms with Gasteiger partial charge < -0.3 is 9.15 Å². The zero-order valence-electron chi connectivity index (χ0n) is 16.9. The smallest absolute Gasteiger partial charge is 0.457 e. The van der Waals surface area contributed by atoms with Gasteiger partial charge in [0.2, 0.25) is 0 Å². The summed E-state index contributed by atoms with van der Waals surface area (Å²) >= 11 is 1.27. The molecule has 0 amide bonds. The number of aryl methyl sites for hydroxylation is 2. The average Bonchev–Trinajstić information content (AvgIpc) is 3.39. The lowest BCUT2D eigenvalue weighted by atomic mass is 10.1. The van der Waals surface area contributed by atoms with Crippen molar-refractivity contribution in [2.45, 2.75) is 20.2 Å². The number of imidazole rings is 1. The summed E-state index contributed by atoms with van der Waals surface area (Å²) in [6.45, 7) is 4.00. The lowest BCUT2D eigenvalue weighted by Crippen LogP contribution is -2.22. The quantitative estimate of drug-likeness (QED) is 0.373. The maximum Gasteiger partial charge on any atom is 0.573 e. The Labute approximate surface area is 183 Å². The van der Waals surface area contributed by atoms with Gasteiger partial charge in [0.1, 0.15) is 21.8 Å². The number of benzene rings is 2. The molecule has 0 bridgehead atoms. The highest BCUT2D eigenvalue weighted by Crippen LogP contribution is 2.28. The van der Waals surface area contributed by atoms with Gasteiger partial charge in [0, 0.05) is 11.6 Å². The molecule has 0 saturated carbocycles. The molecule has 162 valence electrons. The number of alkyl halides is 3. The minimum absolute atomic E-state index is 0.178. The maximum absolute atomic E-state index is 13.0. The standard InChI is InChI=1S/C23H15F3N2O3S/c1-12-9-17-18(10-13(12)2)28-21(29)20(32-22(28)27-17)11-16-7-8-19(30-16)14-3-5-15(6-4-14)31-23(24,25)26/h3-11H,1-2H3. The third-order valence-corrected chi connectivity index (χ3v) is 6.10. The molecular formula is C23H15F3N2O3S. The van der Waals surface area contributed by atoms with Crippen LogP contribution in [0.1, 0.15) is 16.9 Å². The van der Waals surface area contributed by atoms with Crippen LogP contribution in [0.3, 0.4) is 0 Å². The van der Waals surface area contributed by atoms with Gasteiger partial charge in [-0.3, -0.25) is 4.79 Å². The Balaban J connectivity index is 1.49. The molecule has 0 N–H and O–H groups in total. The third kappa shape index (κ3) is 3.64. The largest absolute Gasteiger partial charge is 0.573 e. The fraction of sp³-hybridized carbons (Fsp3) is 0.130.